The van der Waals surface area contributed by atoms with Crippen molar-refractivity contribution in [2.45, 2.75) is 13.0 Å². The molecule has 178 valence electrons. The number of benzene rings is 1. The predicted octanol–water partition coefficient (Wildman–Crippen LogP) is 2.44. The van der Waals surface area contributed by atoms with Gasteiger partial charge in [0.15, 0.2) is 11.5 Å². The maximum atomic E-state index is 13.9. The van der Waals surface area contributed by atoms with Crippen LogP contribution in [0.5, 0.6) is 0 Å². The number of aromatic nitrogens is 6. The molecule has 3 N–H and O–H groups in total. The second kappa shape index (κ2) is 9.44. The van der Waals surface area contributed by atoms with Gasteiger partial charge in [-0.1, -0.05) is 30.0 Å². The summed E-state index contributed by atoms with van der Waals surface area (Å²) in [6.07, 6.45) is 6.26. The molecule has 11 heteroatoms. The number of aryl methyl sites for hydroxylation is 1. The topological polar surface area (TPSA) is 134 Å². The molecule has 36 heavy (non-hydrogen) atoms. The summed E-state index contributed by atoms with van der Waals surface area (Å²) in [5.41, 5.74) is 7.47. The van der Waals surface area contributed by atoms with Crippen molar-refractivity contribution in [3.8, 4) is 17.5 Å². The van der Waals surface area contributed by atoms with Crippen LogP contribution in [0.1, 0.15) is 40.4 Å². The van der Waals surface area contributed by atoms with Gasteiger partial charge >= 0.3 is 0 Å². The number of nitrogen functional groups attached to an aromatic ring is 1. The van der Waals surface area contributed by atoms with E-state index in [1.807, 2.05) is 30.6 Å². The monoisotopic (exact) mass is 496 g/mol. The molecule has 10 nitrogen and oxygen atoms in total. The Balaban J connectivity index is 1.62. The minimum absolute atomic E-state index is 0.00289. The van der Waals surface area contributed by atoms with Crippen molar-refractivity contribution in [2.75, 3.05) is 5.73 Å². The minimum atomic E-state index is -0.650. The summed E-state index contributed by atoms with van der Waals surface area (Å²) in [5, 5.41) is 9.18. The number of carbonyl (C=O) groups excluding carboxylic acids is 1. The Morgan fingerprint density at radius 3 is 2.67 bits per heavy atom. The molecule has 1 atom stereocenters. The molecule has 0 saturated heterocycles. The lowest BCUT2D eigenvalue weighted by Gasteiger charge is -2.19. The smallest absolute Gasteiger partial charge is 0.274 e. The molecule has 4 heterocycles. The predicted molar refractivity (Wildman–Crippen MR) is 137 cm³/mol. The SMILES string of the molecule is CC(NC(=O)c1nccnc1N)c1nc2scc(C#Cc3cnn(C)c3)c2c(=O)n1-c1ccccc1. The van der Waals surface area contributed by atoms with Crippen LogP contribution in [0, 0.1) is 11.8 Å². The Morgan fingerprint density at radius 1 is 1.17 bits per heavy atom. The van der Waals surface area contributed by atoms with E-state index in [-0.39, 0.29) is 17.1 Å². The van der Waals surface area contributed by atoms with Crippen molar-refractivity contribution in [2.24, 2.45) is 7.05 Å². The lowest BCUT2D eigenvalue weighted by molar-refractivity contribution is 0.0933. The molecule has 1 amide bonds. The van der Waals surface area contributed by atoms with Crippen LogP contribution < -0.4 is 16.6 Å². The maximum absolute atomic E-state index is 13.9. The number of fused-ring (bicyclic) bond motifs is 1. The number of anilines is 1. The highest BCUT2D eigenvalue weighted by Gasteiger charge is 2.23. The van der Waals surface area contributed by atoms with Crippen molar-refractivity contribution in [3.05, 3.63) is 93.5 Å². The number of nitrogens with two attached hydrogens (primary N) is 1. The van der Waals surface area contributed by atoms with Gasteiger partial charge in [0.1, 0.15) is 10.7 Å². The molecule has 5 aromatic rings. The molecular weight excluding hydrogens is 476 g/mol. The van der Waals surface area contributed by atoms with Crippen molar-refractivity contribution in [1.82, 2.24) is 34.6 Å². The van der Waals surface area contributed by atoms with E-state index in [0.717, 1.165) is 5.56 Å². The summed E-state index contributed by atoms with van der Waals surface area (Å²) in [4.78, 5) is 39.9. The van der Waals surface area contributed by atoms with E-state index in [2.05, 4.69) is 32.2 Å². The minimum Gasteiger partial charge on any atom is -0.382 e. The fourth-order valence-corrected chi connectivity index (χ4v) is 4.56. The van der Waals surface area contributed by atoms with E-state index < -0.39 is 11.9 Å². The van der Waals surface area contributed by atoms with Gasteiger partial charge in [-0.2, -0.15) is 5.10 Å². The van der Waals surface area contributed by atoms with Crippen LogP contribution in [0.15, 0.2) is 65.3 Å². The Hall–Kier alpha value is -4.82. The number of nitrogens with one attached hydrogen (secondary N) is 1. The summed E-state index contributed by atoms with van der Waals surface area (Å²) < 4.78 is 3.16. The summed E-state index contributed by atoms with van der Waals surface area (Å²) in [6.45, 7) is 1.74. The highest BCUT2D eigenvalue weighted by molar-refractivity contribution is 7.17. The summed E-state index contributed by atoms with van der Waals surface area (Å²) >= 11 is 1.32. The van der Waals surface area contributed by atoms with E-state index in [1.54, 1.807) is 36.1 Å². The molecule has 0 radical (unpaired) electrons. The number of carbonyl (C=O) groups is 1. The molecule has 1 aromatic carbocycles. The van der Waals surface area contributed by atoms with Crippen LogP contribution in [0.25, 0.3) is 15.9 Å². The molecule has 0 spiro atoms. The zero-order valence-corrected chi connectivity index (χ0v) is 20.2. The highest BCUT2D eigenvalue weighted by Crippen LogP contribution is 2.25. The molecule has 1 unspecified atom stereocenters. The van der Waals surface area contributed by atoms with Crippen molar-refractivity contribution >= 4 is 33.3 Å². The van der Waals surface area contributed by atoms with Gasteiger partial charge < -0.3 is 11.1 Å². The average molecular weight is 497 g/mol. The first-order chi connectivity index (χ1) is 17.4. The number of nitrogens with zero attached hydrogens (tertiary/aromatic N) is 6. The molecule has 0 saturated carbocycles. The van der Waals surface area contributed by atoms with E-state index in [0.29, 0.717) is 27.3 Å². The van der Waals surface area contributed by atoms with Crippen molar-refractivity contribution in [3.63, 3.8) is 0 Å². The van der Waals surface area contributed by atoms with Gasteiger partial charge in [0.2, 0.25) is 0 Å². The van der Waals surface area contributed by atoms with Crippen molar-refractivity contribution in [1.29, 1.82) is 0 Å². The average Bonchev–Trinajstić information content (AvgIpc) is 3.49. The molecular formula is C25H20N8O2S. The number of hydrogen-bond acceptors (Lipinski definition) is 8. The maximum Gasteiger partial charge on any atom is 0.274 e. The first-order valence-electron chi connectivity index (χ1n) is 10.9. The third kappa shape index (κ3) is 4.33. The van der Waals surface area contributed by atoms with Crippen LogP contribution in [-0.2, 0) is 7.05 Å². The lowest BCUT2D eigenvalue weighted by Crippen LogP contribution is -2.34. The Morgan fingerprint density at radius 2 is 1.94 bits per heavy atom. The van der Waals surface area contributed by atoms with E-state index in [9.17, 15) is 9.59 Å². The lowest BCUT2D eigenvalue weighted by atomic mass is 10.2. The van der Waals surface area contributed by atoms with Gasteiger partial charge in [0.25, 0.3) is 11.5 Å². The first-order valence-corrected chi connectivity index (χ1v) is 11.8. The standard InChI is InChI=1S/C25H20N8O2S/c1-15(30-23(34)20-21(26)28-11-10-27-20)22-31-24-19(25(35)33(22)18-6-4-3-5-7-18)17(14-36-24)9-8-16-12-29-32(2)13-16/h3-7,10-15H,1-2H3,(H2,26,28)(H,30,34). The van der Waals surface area contributed by atoms with Crippen molar-refractivity contribution < 1.29 is 4.79 Å². The number of rotatable bonds is 4. The summed E-state index contributed by atoms with van der Waals surface area (Å²) in [6, 6.07) is 8.48. The molecule has 5 rings (SSSR count). The van der Waals surface area contributed by atoms with Gasteiger partial charge in [-0.15, -0.1) is 11.3 Å². The largest absolute Gasteiger partial charge is 0.382 e. The second-order valence-electron chi connectivity index (χ2n) is 7.91. The van der Waals surface area contributed by atoms with Gasteiger partial charge in [0, 0.05) is 31.0 Å². The van der Waals surface area contributed by atoms with Crippen LogP contribution in [-0.4, -0.2) is 35.2 Å². The number of hydrogen-bond donors (Lipinski definition) is 2. The fourth-order valence-electron chi connectivity index (χ4n) is 3.69. The molecule has 0 fully saturated rings. The second-order valence-corrected chi connectivity index (χ2v) is 8.77. The molecule has 0 bridgehead atoms. The van der Waals surface area contributed by atoms with E-state index in [4.69, 9.17) is 10.7 Å². The van der Waals surface area contributed by atoms with Crippen LogP contribution in [0.3, 0.4) is 0 Å². The zero-order chi connectivity index (χ0) is 25.2. The Labute approximate surface area is 209 Å². The number of thiophene rings is 1. The molecule has 0 aliphatic heterocycles. The van der Waals surface area contributed by atoms with Crippen LogP contribution in [0.4, 0.5) is 5.82 Å². The van der Waals surface area contributed by atoms with Gasteiger partial charge in [0.05, 0.1) is 34.4 Å². The fraction of sp³-hybridized carbons (Fsp3) is 0.120. The third-order valence-corrected chi connectivity index (χ3v) is 6.24. The summed E-state index contributed by atoms with van der Waals surface area (Å²) in [5.74, 6) is 5.99. The summed E-state index contributed by atoms with van der Waals surface area (Å²) in [7, 11) is 1.81. The van der Waals surface area contributed by atoms with Gasteiger partial charge in [-0.25, -0.2) is 15.0 Å². The quantitative estimate of drug-likeness (QED) is 0.365. The molecule has 4 aromatic heterocycles. The third-order valence-electron chi connectivity index (χ3n) is 5.37. The Kier molecular flexibility index (Phi) is 6.02. The highest BCUT2D eigenvalue weighted by atomic mass is 32.1. The van der Waals surface area contributed by atoms with E-state index in [1.165, 1.54) is 28.3 Å². The van der Waals surface area contributed by atoms with Crippen LogP contribution in [0.2, 0.25) is 0 Å². The van der Waals surface area contributed by atoms with Gasteiger partial charge in [-0.3, -0.25) is 18.8 Å². The number of para-hydroxylation sites is 1. The normalized spacial score (nSPS) is 11.6. The van der Waals surface area contributed by atoms with E-state index >= 15 is 0 Å². The first kappa shape index (κ1) is 22.9. The Bertz CT molecular complexity index is 1710. The zero-order valence-electron chi connectivity index (χ0n) is 19.3. The number of amides is 1. The molecule has 0 aliphatic carbocycles. The molecule has 0 aliphatic rings. The van der Waals surface area contributed by atoms with Crippen LogP contribution >= 0.6 is 11.3 Å². The van der Waals surface area contributed by atoms with Gasteiger partial charge in [-0.05, 0) is 19.1 Å².